The molecule has 132 valence electrons. The molecule has 0 atom stereocenters. The molecule has 3 rings (SSSR count). The number of nitrogens with one attached hydrogen (secondary N) is 2. The number of aryl methyl sites for hydroxylation is 2. The third kappa shape index (κ3) is 4.98. The lowest BCUT2D eigenvalue weighted by molar-refractivity contribution is -0.122. The van der Waals surface area contributed by atoms with E-state index in [-0.39, 0.29) is 11.9 Å². The number of ether oxygens (including phenoxy) is 1. The minimum absolute atomic E-state index is 0.113. The van der Waals surface area contributed by atoms with Gasteiger partial charge >= 0.3 is 0 Å². The van der Waals surface area contributed by atoms with Crippen LogP contribution in [0.4, 0.5) is 0 Å². The zero-order chi connectivity index (χ0) is 16.8. The topological polar surface area (TPSA) is 76.1 Å². The summed E-state index contributed by atoms with van der Waals surface area (Å²) in [5.41, 5.74) is 2.13. The monoisotopic (exact) mass is 332 g/mol. The van der Waals surface area contributed by atoms with Crippen LogP contribution < -0.4 is 10.6 Å². The lowest BCUT2D eigenvalue weighted by atomic mass is 9.93. The smallest absolute Gasteiger partial charge is 0.220 e. The van der Waals surface area contributed by atoms with Gasteiger partial charge in [0.1, 0.15) is 5.82 Å². The van der Waals surface area contributed by atoms with Crippen molar-refractivity contribution in [2.75, 3.05) is 26.3 Å². The van der Waals surface area contributed by atoms with Crippen LogP contribution >= 0.6 is 0 Å². The summed E-state index contributed by atoms with van der Waals surface area (Å²) in [6.45, 7) is 5.54. The van der Waals surface area contributed by atoms with Crippen LogP contribution in [-0.2, 0) is 16.0 Å². The van der Waals surface area contributed by atoms with Gasteiger partial charge < -0.3 is 15.4 Å². The first-order valence-electron chi connectivity index (χ1n) is 9.13. The highest BCUT2D eigenvalue weighted by molar-refractivity contribution is 5.76. The zero-order valence-corrected chi connectivity index (χ0v) is 14.5. The summed E-state index contributed by atoms with van der Waals surface area (Å²) in [5.74, 6) is 1.44. The molecule has 0 aromatic carbocycles. The molecule has 6 heteroatoms. The fourth-order valence-corrected chi connectivity index (χ4v) is 3.49. The van der Waals surface area contributed by atoms with Gasteiger partial charge in [0.05, 0.1) is 0 Å². The normalized spacial score (nSPS) is 20.0. The van der Waals surface area contributed by atoms with Crippen molar-refractivity contribution in [3.8, 4) is 0 Å². The Balaban J connectivity index is 1.54. The number of aromatic nitrogens is 2. The van der Waals surface area contributed by atoms with Crippen molar-refractivity contribution in [2.45, 2.75) is 57.4 Å². The fraction of sp³-hybridized carbons (Fsp3) is 0.722. The van der Waals surface area contributed by atoms with Gasteiger partial charge in [-0.25, -0.2) is 9.97 Å². The predicted molar refractivity (Wildman–Crippen MR) is 91.9 cm³/mol. The lowest BCUT2D eigenvalue weighted by Gasteiger charge is -2.23. The quantitative estimate of drug-likeness (QED) is 0.854. The Morgan fingerprint density at radius 2 is 2.00 bits per heavy atom. The Labute approximate surface area is 143 Å². The van der Waals surface area contributed by atoms with Gasteiger partial charge in [0.25, 0.3) is 0 Å². The second-order valence-electron chi connectivity index (χ2n) is 6.81. The molecule has 2 fully saturated rings. The molecule has 24 heavy (non-hydrogen) atoms. The Morgan fingerprint density at radius 1 is 1.25 bits per heavy atom. The van der Waals surface area contributed by atoms with E-state index in [9.17, 15) is 4.79 Å². The highest BCUT2D eigenvalue weighted by Gasteiger charge is 2.19. The van der Waals surface area contributed by atoms with Crippen LogP contribution in [0.25, 0.3) is 0 Å². The van der Waals surface area contributed by atoms with E-state index in [1.165, 1.54) is 0 Å². The van der Waals surface area contributed by atoms with Gasteiger partial charge in [-0.1, -0.05) is 0 Å². The molecular formula is C18H28N4O2. The van der Waals surface area contributed by atoms with Gasteiger partial charge in [0.15, 0.2) is 0 Å². The minimum atomic E-state index is 0.113. The van der Waals surface area contributed by atoms with Crippen LogP contribution in [0.2, 0.25) is 0 Å². The number of rotatable bonds is 5. The van der Waals surface area contributed by atoms with E-state index in [0.29, 0.717) is 18.8 Å². The maximum absolute atomic E-state index is 12.2. The number of hydrogen-bond donors (Lipinski definition) is 2. The fourth-order valence-electron chi connectivity index (χ4n) is 3.49. The largest absolute Gasteiger partial charge is 0.381 e. The average Bonchev–Trinajstić information content (AvgIpc) is 2.61. The molecule has 0 aliphatic carbocycles. The van der Waals surface area contributed by atoms with Gasteiger partial charge in [-0.3, -0.25) is 4.79 Å². The van der Waals surface area contributed by atoms with Crippen LogP contribution in [0.5, 0.6) is 0 Å². The van der Waals surface area contributed by atoms with E-state index in [1.807, 2.05) is 6.92 Å². The summed E-state index contributed by atoms with van der Waals surface area (Å²) < 4.78 is 5.32. The first-order valence-corrected chi connectivity index (χ1v) is 9.13. The lowest BCUT2D eigenvalue weighted by Crippen LogP contribution is -2.39. The van der Waals surface area contributed by atoms with Crippen LogP contribution in [0.3, 0.4) is 0 Å². The van der Waals surface area contributed by atoms with Crippen molar-refractivity contribution in [2.24, 2.45) is 0 Å². The molecule has 2 aliphatic rings. The minimum Gasteiger partial charge on any atom is -0.381 e. The summed E-state index contributed by atoms with van der Waals surface area (Å²) in [5, 5.41) is 6.50. The van der Waals surface area contributed by atoms with Crippen molar-refractivity contribution in [3.63, 3.8) is 0 Å². The summed E-state index contributed by atoms with van der Waals surface area (Å²) in [4.78, 5) is 21.3. The SMILES string of the molecule is Cc1nc(CCC(=O)NC2CCOCC2)cc(C2CCNCC2)n1. The van der Waals surface area contributed by atoms with Crippen LogP contribution in [-0.4, -0.2) is 48.2 Å². The van der Waals surface area contributed by atoms with Gasteiger partial charge in [0, 0.05) is 43.0 Å². The van der Waals surface area contributed by atoms with E-state index in [0.717, 1.165) is 69.2 Å². The van der Waals surface area contributed by atoms with E-state index < -0.39 is 0 Å². The maximum atomic E-state index is 12.2. The number of carbonyl (C=O) groups is 1. The molecule has 6 nitrogen and oxygen atoms in total. The van der Waals surface area contributed by atoms with Crippen molar-refractivity contribution in [3.05, 3.63) is 23.3 Å². The van der Waals surface area contributed by atoms with Crippen molar-refractivity contribution in [1.29, 1.82) is 0 Å². The molecule has 0 spiro atoms. The van der Waals surface area contributed by atoms with Crippen LogP contribution in [0, 0.1) is 6.92 Å². The van der Waals surface area contributed by atoms with Gasteiger partial charge in [-0.15, -0.1) is 0 Å². The Morgan fingerprint density at radius 3 is 2.75 bits per heavy atom. The van der Waals surface area contributed by atoms with E-state index in [2.05, 4.69) is 26.7 Å². The summed E-state index contributed by atoms with van der Waals surface area (Å²) in [6, 6.07) is 2.37. The molecule has 0 bridgehead atoms. The molecular weight excluding hydrogens is 304 g/mol. The molecule has 3 heterocycles. The molecule has 0 radical (unpaired) electrons. The molecule has 0 unspecified atom stereocenters. The van der Waals surface area contributed by atoms with Gasteiger partial charge in [-0.2, -0.15) is 0 Å². The van der Waals surface area contributed by atoms with E-state index >= 15 is 0 Å². The molecule has 1 aromatic rings. The van der Waals surface area contributed by atoms with Crippen molar-refractivity contribution >= 4 is 5.91 Å². The third-order valence-corrected chi connectivity index (χ3v) is 4.86. The highest BCUT2D eigenvalue weighted by atomic mass is 16.5. The molecule has 2 N–H and O–H groups in total. The second kappa shape index (κ2) is 8.53. The highest BCUT2D eigenvalue weighted by Crippen LogP contribution is 2.24. The number of piperidine rings is 1. The maximum Gasteiger partial charge on any atom is 0.220 e. The Hall–Kier alpha value is -1.53. The van der Waals surface area contributed by atoms with E-state index in [4.69, 9.17) is 4.74 Å². The van der Waals surface area contributed by atoms with Crippen LogP contribution in [0.15, 0.2) is 6.07 Å². The van der Waals surface area contributed by atoms with Crippen LogP contribution in [0.1, 0.15) is 55.2 Å². The number of hydrogen-bond acceptors (Lipinski definition) is 5. The van der Waals surface area contributed by atoms with Gasteiger partial charge in [-0.05, 0) is 58.2 Å². The average molecular weight is 332 g/mol. The number of nitrogens with zero attached hydrogens (tertiary/aromatic N) is 2. The Kier molecular flexibility index (Phi) is 6.15. The zero-order valence-electron chi connectivity index (χ0n) is 14.5. The number of amides is 1. The van der Waals surface area contributed by atoms with Crippen molar-refractivity contribution < 1.29 is 9.53 Å². The molecule has 1 amide bonds. The van der Waals surface area contributed by atoms with Crippen molar-refractivity contribution in [1.82, 2.24) is 20.6 Å². The molecule has 1 aromatic heterocycles. The predicted octanol–water partition coefficient (Wildman–Crippen LogP) is 1.48. The summed E-state index contributed by atoms with van der Waals surface area (Å²) >= 11 is 0. The second-order valence-corrected chi connectivity index (χ2v) is 6.81. The first kappa shape index (κ1) is 17.3. The van der Waals surface area contributed by atoms with E-state index in [1.54, 1.807) is 0 Å². The third-order valence-electron chi connectivity index (χ3n) is 4.86. The number of carbonyl (C=O) groups excluding carboxylic acids is 1. The summed E-state index contributed by atoms with van der Waals surface area (Å²) in [6.07, 6.45) is 5.24. The molecule has 2 saturated heterocycles. The Bertz CT molecular complexity index is 552. The van der Waals surface area contributed by atoms with Gasteiger partial charge in [0.2, 0.25) is 5.91 Å². The molecule has 0 saturated carbocycles. The summed E-state index contributed by atoms with van der Waals surface area (Å²) in [7, 11) is 0. The standard InChI is InChI=1S/C18H28N4O2/c1-13-20-16(12-17(21-13)14-4-8-19-9-5-14)2-3-18(23)22-15-6-10-24-11-7-15/h12,14-15,19H,2-11H2,1H3,(H,22,23). The molecule has 2 aliphatic heterocycles. The first-order chi connectivity index (χ1) is 11.7.